The van der Waals surface area contributed by atoms with Crippen LogP contribution < -0.4 is 0 Å². The molecule has 1 unspecified atom stereocenters. The molecule has 0 N–H and O–H groups in total. The van der Waals surface area contributed by atoms with E-state index in [4.69, 9.17) is 4.74 Å². The normalized spacial score (nSPS) is 35.9. The van der Waals surface area contributed by atoms with Gasteiger partial charge in [0.2, 0.25) is 0 Å². The number of Topliss-reactive ketones (excluding diaryl/α,β-unsaturated/α-hetero) is 1. The highest BCUT2D eigenvalue weighted by Gasteiger charge is 2.56. The highest BCUT2D eigenvalue weighted by Crippen LogP contribution is 2.46. The lowest BCUT2D eigenvalue weighted by atomic mass is 9.65. The lowest BCUT2D eigenvalue weighted by Crippen LogP contribution is -2.56. The summed E-state index contributed by atoms with van der Waals surface area (Å²) >= 11 is 0. The Balaban J connectivity index is 2.54. The molecule has 1 aliphatic carbocycles. The minimum Gasteiger partial charge on any atom is -0.369 e. The van der Waals surface area contributed by atoms with E-state index in [0.29, 0.717) is 5.57 Å². The van der Waals surface area contributed by atoms with Crippen molar-refractivity contribution < 1.29 is 14.3 Å². The molecule has 0 spiro atoms. The number of allylic oxidation sites excluding steroid dienone is 1. The van der Waals surface area contributed by atoms with E-state index in [0.717, 1.165) is 0 Å². The van der Waals surface area contributed by atoms with Crippen LogP contribution in [0.3, 0.4) is 0 Å². The fraction of sp³-hybridized carbons (Fsp3) is 0.615. The Kier molecular flexibility index (Phi) is 2.48. The molecule has 0 aromatic carbocycles. The van der Waals surface area contributed by atoms with Gasteiger partial charge in [0.15, 0.2) is 17.0 Å². The maximum Gasteiger partial charge on any atom is 0.163 e. The first kappa shape index (κ1) is 12.0. The molecule has 90 valence electrons. The van der Waals surface area contributed by atoms with Crippen molar-refractivity contribution in [1.29, 1.82) is 5.26 Å². The third-order valence-electron chi connectivity index (χ3n) is 3.53. The highest BCUT2D eigenvalue weighted by atomic mass is 16.5. The van der Waals surface area contributed by atoms with Crippen molar-refractivity contribution in [3.05, 3.63) is 11.6 Å². The van der Waals surface area contributed by atoms with Crippen LogP contribution in [-0.4, -0.2) is 23.3 Å². The van der Waals surface area contributed by atoms with Crippen LogP contribution in [0.4, 0.5) is 0 Å². The van der Waals surface area contributed by atoms with Crippen molar-refractivity contribution in [1.82, 2.24) is 0 Å². The number of rotatable bonds is 0. The molecule has 2 atom stereocenters. The monoisotopic (exact) mass is 233 g/mol. The Hall–Kier alpha value is -1.47. The minimum absolute atomic E-state index is 0.0797. The fourth-order valence-electron chi connectivity index (χ4n) is 2.71. The average molecular weight is 233 g/mol. The van der Waals surface area contributed by atoms with Crippen LogP contribution in [0.5, 0.6) is 0 Å². The maximum absolute atomic E-state index is 12.3. The smallest absolute Gasteiger partial charge is 0.163 e. The number of carbonyl (C=O) groups is 2. The minimum atomic E-state index is -1.25. The first-order valence-electron chi connectivity index (χ1n) is 5.66. The van der Waals surface area contributed by atoms with Gasteiger partial charge in [0.25, 0.3) is 0 Å². The number of nitriles is 1. The second-order valence-corrected chi connectivity index (χ2v) is 5.38. The first-order valence-corrected chi connectivity index (χ1v) is 5.66. The van der Waals surface area contributed by atoms with E-state index in [1.54, 1.807) is 6.92 Å². The van der Waals surface area contributed by atoms with Gasteiger partial charge in [-0.25, -0.2) is 0 Å². The molecule has 0 amide bonds. The Bertz CT molecular complexity index is 470. The number of fused-ring (bicyclic) bond motifs is 1. The van der Waals surface area contributed by atoms with E-state index in [2.05, 4.69) is 6.07 Å². The zero-order chi connectivity index (χ0) is 12.8. The molecule has 1 saturated heterocycles. The van der Waals surface area contributed by atoms with Gasteiger partial charge in [-0.05, 0) is 32.4 Å². The second kappa shape index (κ2) is 3.51. The molecule has 0 bridgehead atoms. The predicted molar refractivity (Wildman–Crippen MR) is 60.0 cm³/mol. The molecule has 4 heteroatoms. The van der Waals surface area contributed by atoms with Gasteiger partial charge in [-0.2, -0.15) is 5.26 Å². The Morgan fingerprint density at radius 1 is 1.47 bits per heavy atom. The number of ether oxygens (including phenoxy) is 1. The largest absolute Gasteiger partial charge is 0.369 e. The van der Waals surface area contributed by atoms with Crippen LogP contribution in [0.2, 0.25) is 0 Å². The standard InChI is InChI=1S/C13H15NO3/c1-8-4-9(15)5-11-13(8,7-14)10(16)6-12(2,3)17-11/h4,11H,5-6H2,1-3H3/t11?,13-/m1/s1. The average Bonchev–Trinajstić information content (AvgIpc) is 2.14. The van der Waals surface area contributed by atoms with E-state index >= 15 is 0 Å². The van der Waals surface area contributed by atoms with E-state index in [1.807, 2.05) is 13.8 Å². The number of hydrogen-bond acceptors (Lipinski definition) is 4. The molecule has 0 aromatic heterocycles. The van der Waals surface area contributed by atoms with Crippen LogP contribution in [0.15, 0.2) is 11.6 Å². The molecule has 2 aliphatic rings. The van der Waals surface area contributed by atoms with E-state index in [1.165, 1.54) is 6.08 Å². The zero-order valence-corrected chi connectivity index (χ0v) is 10.2. The van der Waals surface area contributed by atoms with E-state index in [-0.39, 0.29) is 24.4 Å². The topological polar surface area (TPSA) is 67.2 Å². The van der Waals surface area contributed by atoms with Gasteiger partial charge in [-0.15, -0.1) is 0 Å². The summed E-state index contributed by atoms with van der Waals surface area (Å²) in [5.41, 5.74) is -1.33. The Morgan fingerprint density at radius 3 is 2.71 bits per heavy atom. The summed E-state index contributed by atoms with van der Waals surface area (Å²) in [7, 11) is 0. The molecule has 0 aromatic rings. The number of hydrogen-bond donors (Lipinski definition) is 0. The van der Waals surface area contributed by atoms with Crippen molar-refractivity contribution in [2.75, 3.05) is 0 Å². The fourth-order valence-corrected chi connectivity index (χ4v) is 2.71. The maximum atomic E-state index is 12.3. The summed E-state index contributed by atoms with van der Waals surface area (Å²) in [5.74, 6) is -0.216. The van der Waals surface area contributed by atoms with Gasteiger partial charge < -0.3 is 4.74 Å². The van der Waals surface area contributed by atoms with Crippen LogP contribution in [0.25, 0.3) is 0 Å². The third-order valence-corrected chi connectivity index (χ3v) is 3.53. The first-order chi connectivity index (χ1) is 7.82. The van der Waals surface area contributed by atoms with Crippen LogP contribution in [0.1, 0.15) is 33.6 Å². The van der Waals surface area contributed by atoms with Gasteiger partial charge >= 0.3 is 0 Å². The molecule has 1 heterocycles. The van der Waals surface area contributed by atoms with Crippen molar-refractivity contribution in [3.63, 3.8) is 0 Å². The van der Waals surface area contributed by atoms with Gasteiger partial charge in [0.05, 0.1) is 17.8 Å². The molecule has 17 heavy (non-hydrogen) atoms. The quantitative estimate of drug-likeness (QED) is 0.636. The van der Waals surface area contributed by atoms with Crippen molar-refractivity contribution in [2.45, 2.75) is 45.3 Å². The van der Waals surface area contributed by atoms with Crippen molar-refractivity contribution in [2.24, 2.45) is 5.41 Å². The van der Waals surface area contributed by atoms with Crippen LogP contribution in [0, 0.1) is 16.7 Å². The van der Waals surface area contributed by atoms with Crippen molar-refractivity contribution in [3.8, 4) is 6.07 Å². The molecule has 4 nitrogen and oxygen atoms in total. The summed E-state index contributed by atoms with van der Waals surface area (Å²) < 4.78 is 5.78. The predicted octanol–water partition coefficient (Wildman–Crippen LogP) is 1.55. The Labute approximate surface area is 100 Å². The van der Waals surface area contributed by atoms with Gasteiger partial charge in [0, 0.05) is 12.8 Å². The lowest BCUT2D eigenvalue weighted by Gasteiger charge is -2.46. The summed E-state index contributed by atoms with van der Waals surface area (Å²) in [4.78, 5) is 23.8. The molecule has 0 saturated carbocycles. The number of carbonyl (C=O) groups excluding carboxylic acids is 2. The SMILES string of the molecule is CC1=CC(=O)CC2OC(C)(C)CC(=O)[C@@]12C#N. The molecular weight excluding hydrogens is 218 g/mol. The van der Waals surface area contributed by atoms with Crippen molar-refractivity contribution >= 4 is 11.6 Å². The summed E-state index contributed by atoms with van der Waals surface area (Å²) in [6.45, 7) is 5.28. The van der Waals surface area contributed by atoms with Crippen LogP contribution in [-0.2, 0) is 14.3 Å². The van der Waals surface area contributed by atoms with E-state index < -0.39 is 17.1 Å². The second-order valence-electron chi connectivity index (χ2n) is 5.38. The Morgan fingerprint density at radius 2 is 2.12 bits per heavy atom. The van der Waals surface area contributed by atoms with Crippen LogP contribution >= 0.6 is 0 Å². The van der Waals surface area contributed by atoms with E-state index in [9.17, 15) is 14.9 Å². The molecule has 0 radical (unpaired) electrons. The highest BCUT2D eigenvalue weighted by molar-refractivity contribution is 6.00. The summed E-state index contributed by atoms with van der Waals surface area (Å²) in [5, 5.41) is 9.37. The van der Waals surface area contributed by atoms with Gasteiger partial charge in [0.1, 0.15) is 0 Å². The number of ketones is 2. The molecular formula is C13H15NO3. The molecule has 2 rings (SSSR count). The molecule has 1 aliphatic heterocycles. The third kappa shape index (κ3) is 1.62. The molecule has 1 fully saturated rings. The lowest BCUT2D eigenvalue weighted by molar-refractivity contribution is -0.171. The summed E-state index contributed by atoms with van der Waals surface area (Å²) in [6, 6.07) is 2.08. The van der Waals surface area contributed by atoms with Gasteiger partial charge in [-0.3, -0.25) is 9.59 Å². The zero-order valence-electron chi connectivity index (χ0n) is 10.2. The number of nitrogens with zero attached hydrogens (tertiary/aromatic N) is 1. The summed E-state index contributed by atoms with van der Waals surface area (Å²) in [6.07, 6.45) is 1.08. The van der Waals surface area contributed by atoms with Gasteiger partial charge in [-0.1, -0.05) is 0 Å².